The second-order valence-corrected chi connectivity index (χ2v) is 5.54. The standard InChI is InChI=1S/C13H20N2O/c1-13(2,3)12(16)14-10-6-4-8-15-9-5-7-11(10)15/h5,7,9-10H,4,6,8H2,1-3H3,(H,14,16). The Kier molecular flexibility index (Phi) is 2.78. The fourth-order valence-electron chi connectivity index (χ4n) is 2.08. The molecule has 3 nitrogen and oxygen atoms in total. The summed E-state index contributed by atoms with van der Waals surface area (Å²) in [5.74, 6) is 0.132. The van der Waals surface area contributed by atoms with Crippen LogP contribution in [0.5, 0.6) is 0 Å². The van der Waals surface area contributed by atoms with E-state index in [2.05, 4.69) is 28.2 Å². The summed E-state index contributed by atoms with van der Waals surface area (Å²) in [6, 6.07) is 4.35. The zero-order valence-electron chi connectivity index (χ0n) is 10.3. The molecule has 1 aromatic heterocycles. The van der Waals surface area contributed by atoms with E-state index in [1.54, 1.807) is 0 Å². The zero-order chi connectivity index (χ0) is 11.8. The Labute approximate surface area is 96.8 Å². The van der Waals surface area contributed by atoms with Crippen LogP contribution in [0.3, 0.4) is 0 Å². The highest BCUT2D eigenvalue weighted by atomic mass is 16.2. The summed E-state index contributed by atoms with van der Waals surface area (Å²) in [5.41, 5.74) is 0.929. The normalized spacial score (nSPS) is 20.3. The van der Waals surface area contributed by atoms with Gasteiger partial charge in [0.05, 0.1) is 6.04 Å². The van der Waals surface area contributed by atoms with Gasteiger partial charge in [0.2, 0.25) is 5.91 Å². The van der Waals surface area contributed by atoms with Gasteiger partial charge in [0, 0.05) is 23.9 Å². The van der Waals surface area contributed by atoms with Crippen molar-refractivity contribution < 1.29 is 4.79 Å². The first-order valence-electron chi connectivity index (χ1n) is 5.94. The third-order valence-corrected chi connectivity index (χ3v) is 3.10. The largest absolute Gasteiger partial charge is 0.350 e. The number of rotatable bonds is 1. The molecule has 16 heavy (non-hydrogen) atoms. The summed E-state index contributed by atoms with van der Waals surface area (Å²) in [4.78, 5) is 11.9. The quantitative estimate of drug-likeness (QED) is 0.775. The van der Waals surface area contributed by atoms with Gasteiger partial charge >= 0.3 is 0 Å². The maximum absolute atomic E-state index is 11.9. The number of nitrogens with one attached hydrogen (secondary N) is 1. The smallest absolute Gasteiger partial charge is 0.225 e. The van der Waals surface area contributed by atoms with Crippen LogP contribution in [0, 0.1) is 5.41 Å². The van der Waals surface area contributed by atoms with Gasteiger partial charge in [-0.15, -0.1) is 0 Å². The molecule has 3 heteroatoms. The van der Waals surface area contributed by atoms with Crippen molar-refractivity contribution in [1.82, 2.24) is 9.88 Å². The number of carbonyl (C=O) groups is 1. The monoisotopic (exact) mass is 220 g/mol. The minimum Gasteiger partial charge on any atom is -0.350 e. The first kappa shape index (κ1) is 11.2. The van der Waals surface area contributed by atoms with Gasteiger partial charge in [-0.1, -0.05) is 20.8 Å². The maximum Gasteiger partial charge on any atom is 0.225 e. The van der Waals surface area contributed by atoms with E-state index in [9.17, 15) is 4.79 Å². The summed E-state index contributed by atoms with van der Waals surface area (Å²) < 4.78 is 2.23. The van der Waals surface area contributed by atoms with Crippen molar-refractivity contribution in [1.29, 1.82) is 0 Å². The van der Waals surface area contributed by atoms with Gasteiger partial charge in [0.15, 0.2) is 0 Å². The highest BCUT2D eigenvalue weighted by Gasteiger charge is 2.27. The van der Waals surface area contributed by atoms with Crippen molar-refractivity contribution in [2.45, 2.75) is 46.2 Å². The van der Waals surface area contributed by atoms with Crippen molar-refractivity contribution in [3.63, 3.8) is 0 Å². The molecule has 1 atom stereocenters. The minimum absolute atomic E-state index is 0.132. The molecule has 2 heterocycles. The van der Waals surface area contributed by atoms with Crippen LogP contribution in [0.15, 0.2) is 18.3 Å². The van der Waals surface area contributed by atoms with Gasteiger partial charge in [-0.25, -0.2) is 0 Å². The lowest BCUT2D eigenvalue weighted by molar-refractivity contribution is -0.129. The molecule has 1 unspecified atom stereocenters. The molecule has 0 spiro atoms. The van der Waals surface area contributed by atoms with Gasteiger partial charge in [-0.2, -0.15) is 0 Å². The average Bonchev–Trinajstić information content (AvgIpc) is 2.65. The van der Waals surface area contributed by atoms with E-state index < -0.39 is 0 Å². The van der Waals surface area contributed by atoms with Crippen molar-refractivity contribution >= 4 is 5.91 Å². The molecule has 0 aromatic carbocycles. The fourth-order valence-corrected chi connectivity index (χ4v) is 2.08. The number of aromatic nitrogens is 1. The molecule has 0 aliphatic carbocycles. The molecule has 0 bridgehead atoms. The van der Waals surface area contributed by atoms with Crippen LogP contribution >= 0.6 is 0 Å². The lowest BCUT2D eigenvalue weighted by atomic mass is 9.94. The van der Waals surface area contributed by atoms with Gasteiger partial charge < -0.3 is 9.88 Å². The topological polar surface area (TPSA) is 34.0 Å². The van der Waals surface area contributed by atoms with Gasteiger partial charge in [0.25, 0.3) is 0 Å². The summed E-state index contributed by atoms with van der Waals surface area (Å²) in [5, 5.41) is 3.14. The van der Waals surface area contributed by atoms with E-state index >= 15 is 0 Å². The van der Waals surface area contributed by atoms with E-state index in [-0.39, 0.29) is 17.4 Å². The molecule has 0 radical (unpaired) electrons. The molecule has 0 saturated carbocycles. The molecule has 1 aliphatic rings. The van der Waals surface area contributed by atoms with Crippen molar-refractivity contribution in [2.75, 3.05) is 0 Å². The lowest BCUT2D eigenvalue weighted by Gasteiger charge is -2.28. The van der Waals surface area contributed by atoms with Crippen LogP contribution < -0.4 is 5.32 Å². The van der Waals surface area contributed by atoms with E-state index in [4.69, 9.17) is 0 Å². The summed E-state index contributed by atoms with van der Waals surface area (Å²) in [6.45, 7) is 6.92. The summed E-state index contributed by atoms with van der Waals surface area (Å²) in [7, 11) is 0. The van der Waals surface area contributed by atoms with E-state index in [0.717, 1.165) is 19.4 Å². The highest BCUT2D eigenvalue weighted by molar-refractivity contribution is 5.81. The second kappa shape index (κ2) is 3.96. The Bertz CT molecular complexity index is 387. The number of amides is 1. The average molecular weight is 220 g/mol. The predicted octanol–water partition coefficient (Wildman–Crippen LogP) is 2.49. The number of nitrogens with zero attached hydrogens (tertiary/aromatic N) is 1. The van der Waals surface area contributed by atoms with Crippen LogP contribution in [0.25, 0.3) is 0 Å². The third-order valence-electron chi connectivity index (χ3n) is 3.10. The Morgan fingerprint density at radius 1 is 1.50 bits per heavy atom. The van der Waals surface area contributed by atoms with Crippen LogP contribution in [0.4, 0.5) is 0 Å². The first-order chi connectivity index (χ1) is 7.48. The van der Waals surface area contributed by atoms with Crippen LogP contribution in [0.2, 0.25) is 0 Å². The number of fused-ring (bicyclic) bond motifs is 1. The molecule has 2 rings (SSSR count). The Morgan fingerprint density at radius 3 is 2.94 bits per heavy atom. The molecule has 0 saturated heterocycles. The van der Waals surface area contributed by atoms with Gasteiger partial charge in [-0.3, -0.25) is 4.79 Å². The molecule has 1 aliphatic heterocycles. The van der Waals surface area contributed by atoms with Crippen LogP contribution in [0.1, 0.15) is 45.3 Å². The lowest BCUT2D eigenvalue weighted by Crippen LogP contribution is -2.39. The molecule has 1 amide bonds. The molecule has 1 N–H and O–H groups in total. The number of carbonyl (C=O) groups excluding carboxylic acids is 1. The first-order valence-corrected chi connectivity index (χ1v) is 5.94. The van der Waals surface area contributed by atoms with Crippen LogP contribution in [-0.2, 0) is 11.3 Å². The summed E-state index contributed by atoms with van der Waals surface area (Å²) in [6.07, 6.45) is 4.27. The molecule has 0 fully saturated rings. The molecular weight excluding hydrogens is 200 g/mol. The number of hydrogen-bond donors (Lipinski definition) is 1. The minimum atomic E-state index is -0.311. The van der Waals surface area contributed by atoms with Crippen molar-refractivity contribution in [2.24, 2.45) is 5.41 Å². The second-order valence-electron chi connectivity index (χ2n) is 5.54. The zero-order valence-corrected chi connectivity index (χ0v) is 10.3. The van der Waals surface area contributed by atoms with E-state index in [0.29, 0.717) is 0 Å². The van der Waals surface area contributed by atoms with E-state index in [1.807, 2.05) is 20.8 Å². The molecule has 88 valence electrons. The van der Waals surface area contributed by atoms with Crippen LogP contribution in [-0.4, -0.2) is 10.5 Å². The maximum atomic E-state index is 11.9. The van der Waals surface area contributed by atoms with Gasteiger partial charge in [0.1, 0.15) is 0 Å². The highest BCUT2D eigenvalue weighted by Crippen LogP contribution is 2.26. The number of aryl methyl sites for hydroxylation is 1. The predicted molar refractivity (Wildman–Crippen MR) is 64.0 cm³/mol. The molecular formula is C13H20N2O. The Hall–Kier alpha value is -1.25. The number of hydrogen-bond acceptors (Lipinski definition) is 1. The fraction of sp³-hybridized carbons (Fsp3) is 0.615. The Morgan fingerprint density at radius 2 is 2.25 bits per heavy atom. The van der Waals surface area contributed by atoms with Gasteiger partial charge in [-0.05, 0) is 25.0 Å². The molecule has 1 aromatic rings. The Balaban J connectivity index is 2.11. The summed E-state index contributed by atoms with van der Waals surface area (Å²) >= 11 is 0. The van der Waals surface area contributed by atoms with Crippen molar-refractivity contribution in [3.8, 4) is 0 Å². The third kappa shape index (κ3) is 2.13. The van der Waals surface area contributed by atoms with E-state index in [1.165, 1.54) is 5.69 Å². The van der Waals surface area contributed by atoms with Crippen molar-refractivity contribution in [3.05, 3.63) is 24.0 Å². The SMILES string of the molecule is CC(C)(C)C(=O)NC1CCCn2cccc21.